The summed E-state index contributed by atoms with van der Waals surface area (Å²) in [5.41, 5.74) is 1.55. The number of nitrogens with one attached hydrogen (secondary N) is 1. The predicted octanol–water partition coefficient (Wildman–Crippen LogP) is 3.75. The SMILES string of the molecule is CCNC(CC)c1ccccc1N(C)CC(F)(F)F. The van der Waals surface area contributed by atoms with E-state index in [0.29, 0.717) is 5.69 Å². The van der Waals surface area contributed by atoms with Crippen molar-refractivity contribution in [1.82, 2.24) is 5.32 Å². The van der Waals surface area contributed by atoms with Crippen molar-refractivity contribution < 1.29 is 13.2 Å². The van der Waals surface area contributed by atoms with Gasteiger partial charge in [0, 0.05) is 18.8 Å². The van der Waals surface area contributed by atoms with Crippen LogP contribution in [-0.2, 0) is 0 Å². The molecule has 1 aromatic rings. The Morgan fingerprint density at radius 3 is 2.37 bits per heavy atom. The lowest BCUT2D eigenvalue weighted by Gasteiger charge is -2.27. The summed E-state index contributed by atoms with van der Waals surface area (Å²) in [6, 6.07) is 7.34. The third-order valence-electron chi connectivity index (χ3n) is 3.00. The van der Waals surface area contributed by atoms with E-state index in [1.165, 1.54) is 11.9 Å². The van der Waals surface area contributed by atoms with Gasteiger partial charge in [0.25, 0.3) is 0 Å². The van der Waals surface area contributed by atoms with Crippen molar-refractivity contribution in [2.75, 3.05) is 25.0 Å². The first-order valence-electron chi connectivity index (χ1n) is 6.49. The maximum Gasteiger partial charge on any atom is 0.405 e. The van der Waals surface area contributed by atoms with Gasteiger partial charge in [-0.25, -0.2) is 0 Å². The first-order valence-corrected chi connectivity index (χ1v) is 6.49. The molecule has 0 radical (unpaired) electrons. The lowest BCUT2D eigenvalue weighted by atomic mass is 10.0. The second kappa shape index (κ2) is 6.80. The summed E-state index contributed by atoms with van der Waals surface area (Å²) in [6.07, 6.45) is -3.35. The third-order valence-corrected chi connectivity index (χ3v) is 3.00. The van der Waals surface area contributed by atoms with E-state index in [1.54, 1.807) is 12.1 Å². The molecule has 0 amide bonds. The second-order valence-corrected chi connectivity index (χ2v) is 4.55. The van der Waals surface area contributed by atoms with Crippen LogP contribution in [0.3, 0.4) is 0 Å². The summed E-state index contributed by atoms with van der Waals surface area (Å²) in [7, 11) is 1.48. The van der Waals surface area contributed by atoms with Gasteiger partial charge in [0.15, 0.2) is 0 Å². The molecule has 0 aliphatic heterocycles. The molecule has 0 bridgehead atoms. The Morgan fingerprint density at radius 2 is 1.84 bits per heavy atom. The number of anilines is 1. The molecule has 1 atom stereocenters. The van der Waals surface area contributed by atoms with E-state index >= 15 is 0 Å². The average molecular weight is 274 g/mol. The maximum atomic E-state index is 12.5. The van der Waals surface area contributed by atoms with Crippen molar-refractivity contribution in [3.63, 3.8) is 0 Å². The molecule has 0 aliphatic rings. The topological polar surface area (TPSA) is 15.3 Å². The second-order valence-electron chi connectivity index (χ2n) is 4.55. The number of halogens is 3. The number of benzene rings is 1. The van der Waals surface area contributed by atoms with Gasteiger partial charge >= 0.3 is 6.18 Å². The quantitative estimate of drug-likeness (QED) is 0.850. The minimum Gasteiger partial charge on any atom is -0.365 e. The Hall–Kier alpha value is -1.23. The molecule has 5 heteroatoms. The molecule has 1 unspecified atom stereocenters. The number of alkyl halides is 3. The molecule has 2 nitrogen and oxygen atoms in total. The van der Waals surface area contributed by atoms with Gasteiger partial charge in [-0.05, 0) is 24.6 Å². The minimum absolute atomic E-state index is 0.0804. The van der Waals surface area contributed by atoms with Crippen molar-refractivity contribution in [2.45, 2.75) is 32.5 Å². The van der Waals surface area contributed by atoms with Gasteiger partial charge < -0.3 is 10.2 Å². The molecule has 0 fully saturated rings. The molecule has 1 rings (SSSR count). The van der Waals surface area contributed by atoms with Crippen LogP contribution in [0.25, 0.3) is 0 Å². The lowest BCUT2D eigenvalue weighted by Crippen LogP contribution is -2.32. The van der Waals surface area contributed by atoms with E-state index in [0.717, 1.165) is 18.5 Å². The third kappa shape index (κ3) is 4.74. The molecular weight excluding hydrogens is 253 g/mol. The van der Waals surface area contributed by atoms with E-state index in [4.69, 9.17) is 0 Å². The fraction of sp³-hybridized carbons (Fsp3) is 0.571. The van der Waals surface area contributed by atoms with Crippen molar-refractivity contribution >= 4 is 5.69 Å². The molecular formula is C14H21F3N2. The Bertz CT molecular complexity index is 391. The van der Waals surface area contributed by atoms with Crippen molar-refractivity contribution in [1.29, 1.82) is 0 Å². The van der Waals surface area contributed by atoms with Gasteiger partial charge in [-0.15, -0.1) is 0 Å². The number of rotatable bonds is 6. The van der Waals surface area contributed by atoms with Crippen LogP contribution in [0.5, 0.6) is 0 Å². The standard InChI is InChI=1S/C14H21F3N2/c1-4-12(18-5-2)11-8-6-7-9-13(11)19(3)10-14(15,16)17/h6-9,12,18H,4-5,10H2,1-3H3. The van der Waals surface area contributed by atoms with E-state index in [2.05, 4.69) is 5.32 Å². The van der Waals surface area contributed by atoms with Crippen molar-refractivity contribution in [3.8, 4) is 0 Å². The van der Waals surface area contributed by atoms with E-state index in [-0.39, 0.29) is 6.04 Å². The largest absolute Gasteiger partial charge is 0.405 e. The normalized spacial score (nSPS) is 13.4. The summed E-state index contributed by atoms with van der Waals surface area (Å²) >= 11 is 0. The number of para-hydroxylation sites is 1. The first-order chi connectivity index (χ1) is 8.89. The molecule has 0 spiro atoms. The summed E-state index contributed by atoms with van der Waals surface area (Å²) in [5.74, 6) is 0. The molecule has 0 heterocycles. The fourth-order valence-electron chi connectivity index (χ4n) is 2.20. The molecule has 0 aromatic heterocycles. The highest BCUT2D eigenvalue weighted by Crippen LogP contribution is 2.29. The van der Waals surface area contributed by atoms with Crippen LogP contribution in [0, 0.1) is 0 Å². The van der Waals surface area contributed by atoms with Crippen LogP contribution in [0.2, 0.25) is 0 Å². The van der Waals surface area contributed by atoms with Gasteiger partial charge in [-0.3, -0.25) is 0 Å². The lowest BCUT2D eigenvalue weighted by molar-refractivity contribution is -0.119. The highest BCUT2D eigenvalue weighted by Gasteiger charge is 2.30. The summed E-state index contributed by atoms with van der Waals surface area (Å²) in [6.45, 7) is 3.86. The van der Waals surface area contributed by atoms with Crippen LogP contribution < -0.4 is 10.2 Å². The highest BCUT2D eigenvalue weighted by molar-refractivity contribution is 5.54. The predicted molar refractivity (Wildman–Crippen MR) is 72.5 cm³/mol. The highest BCUT2D eigenvalue weighted by atomic mass is 19.4. The van der Waals surface area contributed by atoms with Crippen LogP contribution in [0.1, 0.15) is 31.9 Å². The fourth-order valence-corrected chi connectivity index (χ4v) is 2.20. The molecule has 1 aromatic carbocycles. The first kappa shape index (κ1) is 15.8. The molecule has 19 heavy (non-hydrogen) atoms. The van der Waals surface area contributed by atoms with Crippen LogP contribution in [0.4, 0.5) is 18.9 Å². The monoisotopic (exact) mass is 274 g/mol. The summed E-state index contributed by atoms with van der Waals surface area (Å²) < 4.78 is 37.5. The van der Waals surface area contributed by atoms with Gasteiger partial charge in [0.1, 0.15) is 6.54 Å². The van der Waals surface area contributed by atoms with Crippen molar-refractivity contribution in [2.24, 2.45) is 0 Å². The van der Waals surface area contributed by atoms with E-state index in [1.807, 2.05) is 26.0 Å². The smallest absolute Gasteiger partial charge is 0.365 e. The molecule has 0 saturated carbocycles. The molecule has 0 aliphatic carbocycles. The number of hydrogen-bond acceptors (Lipinski definition) is 2. The number of nitrogens with zero attached hydrogens (tertiary/aromatic N) is 1. The summed E-state index contributed by atoms with van der Waals surface area (Å²) in [4.78, 5) is 1.26. The minimum atomic E-state index is -4.19. The zero-order valence-corrected chi connectivity index (χ0v) is 11.6. The Morgan fingerprint density at radius 1 is 1.21 bits per heavy atom. The van der Waals surface area contributed by atoms with E-state index in [9.17, 15) is 13.2 Å². The van der Waals surface area contributed by atoms with E-state index < -0.39 is 12.7 Å². The Balaban J connectivity index is 3.00. The Labute approximate surface area is 112 Å². The van der Waals surface area contributed by atoms with Crippen LogP contribution in [0.15, 0.2) is 24.3 Å². The molecule has 1 N–H and O–H groups in total. The Kier molecular flexibility index (Phi) is 5.66. The van der Waals surface area contributed by atoms with Crippen molar-refractivity contribution in [3.05, 3.63) is 29.8 Å². The zero-order valence-electron chi connectivity index (χ0n) is 11.6. The van der Waals surface area contributed by atoms with Crippen LogP contribution in [-0.4, -0.2) is 26.3 Å². The summed E-state index contributed by atoms with van der Waals surface area (Å²) in [5, 5.41) is 3.30. The molecule has 0 saturated heterocycles. The van der Waals surface area contributed by atoms with Gasteiger partial charge in [-0.2, -0.15) is 13.2 Å². The van der Waals surface area contributed by atoms with Gasteiger partial charge in [0.2, 0.25) is 0 Å². The number of hydrogen-bond donors (Lipinski definition) is 1. The average Bonchev–Trinajstić information content (AvgIpc) is 2.34. The van der Waals surface area contributed by atoms with Gasteiger partial charge in [-0.1, -0.05) is 32.0 Å². The maximum absolute atomic E-state index is 12.5. The van der Waals surface area contributed by atoms with Crippen LogP contribution >= 0.6 is 0 Å². The molecule has 108 valence electrons. The van der Waals surface area contributed by atoms with Gasteiger partial charge in [0.05, 0.1) is 0 Å². The zero-order chi connectivity index (χ0) is 14.5.